The van der Waals surface area contributed by atoms with Gasteiger partial charge in [0.05, 0.1) is 22.5 Å². The van der Waals surface area contributed by atoms with E-state index in [1.165, 1.54) is 0 Å². The summed E-state index contributed by atoms with van der Waals surface area (Å²) < 4.78 is 1.91. The third-order valence-electron chi connectivity index (χ3n) is 3.89. The minimum Gasteiger partial charge on any atom is -0.392 e. The Morgan fingerprint density at radius 2 is 1.94 bits per heavy atom. The summed E-state index contributed by atoms with van der Waals surface area (Å²) in [7, 11) is 0. The van der Waals surface area contributed by atoms with Gasteiger partial charge in [0.1, 0.15) is 0 Å². The standard InChI is InChI=1S/C14H25ClN2O/c1-6-10-13(15)11(17(8-3)16-10)9-12(18)14(4,5)7-2/h12,18H,6-9H2,1-5H3. The first-order chi connectivity index (χ1) is 8.37. The van der Waals surface area contributed by atoms with E-state index >= 15 is 0 Å². The van der Waals surface area contributed by atoms with Crippen molar-refractivity contribution in [1.82, 2.24) is 9.78 Å². The molecule has 0 aliphatic carbocycles. The minimum absolute atomic E-state index is 0.0987. The Labute approximate surface area is 115 Å². The molecule has 0 bridgehead atoms. The van der Waals surface area contributed by atoms with Crippen LogP contribution in [0.2, 0.25) is 5.02 Å². The van der Waals surface area contributed by atoms with Crippen LogP contribution in [-0.2, 0) is 19.4 Å². The molecule has 3 nitrogen and oxygen atoms in total. The molecule has 0 aromatic carbocycles. The Bertz CT molecular complexity index is 399. The fourth-order valence-corrected chi connectivity index (χ4v) is 2.25. The lowest BCUT2D eigenvalue weighted by Gasteiger charge is -2.29. The summed E-state index contributed by atoms with van der Waals surface area (Å²) in [5, 5.41) is 15.6. The van der Waals surface area contributed by atoms with Crippen LogP contribution < -0.4 is 0 Å². The number of aryl methyl sites for hydroxylation is 2. The van der Waals surface area contributed by atoms with Crippen LogP contribution in [0.25, 0.3) is 0 Å². The van der Waals surface area contributed by atoms with Crippen LogP contribution in [-0.4, -0.2) is 21.0 Å². The van der Waals surface area contributed by atoms with Gasteiger partial charge in [-0.25, -0.2) is 0 Å². The molecule has 0 fully saturated rings. The fraction of sp³-hybridized carbons (Fsp3) is 0.786. The Balaban J connectivity index is 3.00. The zero-order valence-electron chi connectivity index (χ0n) is 12.1. The van der Waals surface area contributed by atoms with Gasteiger partial charge >= 0.3 is 0 Å². The summed E-state index contributed by atoms with van der Waals surface area (Å²) in [4.78, 5) is 0. The Morgan fingerprint density at radius 3 is 2.39 bits per heavy atom. The van der Waals surface area contributed by atoms with Crippen molar-refractivity contribution in [2.24, 2.45) is 5.41 Å². The van der Waals surface area contributed by atoms with Crippen LogP contribution in [0.15, 0.2) is 0 Å². The molecule has 0 aliphatic rings. The van der Waals surface area contributed by atoms with E-state index in [0.29, 0.717) is 6.42 Å². The van der Waals surface area contributed by atoms with Gasteiger partial charge in [-0.15, -0.1) is 0 Å². The number of hydrogen-bond acceptors (Lipinski definition) is 2. The first kappa shape index (κ1) is 15.5. The van der Waals surface area contributed by atoms with E-state index in [0.717, 1.165) is 35.8 Å². The lowest BCUT2D eigenvalue weighted by Crippen LogP contribution is -2.31. The summed E-state index contributed by atoms with van der Waals surface area (Å²) >= 11 is 6.35. The highest BCUT2D eigenvalue weighted by molar-refractivity contribution is 6.31. The van der Waals surface area contributed by atoms with E-state index in [1.807, 2.05) is 18.5 Å². The predicted molar refractivity (Wildman–Crippen MR) is 76.1 cm³/mol. The molecule has 4 heteroatoms. The molecule has 1 heterocycles. The van der Waals surface area contributed by atoms with E-state index in [9.17, 15) is 5.11 Å². The van der Waals surface area contributed by atoms with Crippen molar-refractivity contribution in [3.63, 3.8) is 0 Å². The van der Waals surface area contributed by atoms with Crippen LogP contribution in [0.4, 0.5) is 0 Å². The van der Waals surface area contributed by atoms with Crippen molar-refractivity contribution in [3.8, 4) is 0 Å². The smallest absolute Gasteiger partial charge is 0.0850 e. The predicted octanol–water partition coefficient (Wildman–Crippen LogP) is 3.46. The van der Waals surface area contributed by atoms with Crippen LogP contribution >= 0.6 is 11.6 Å². The second kappa shape index (κ2) is 6.07. The number of nitrogens with zero attached hydrogens (tertiary/aromatic N) is 2. The average molecular weight is 273 g/mol. The van der Waals surface area contributed by atoms with Crippen molar-refractivity contribution in [2.45, 2.75) is 66.5 Å². The maximum atomic E-state index is 10.4. The van der Waals surface area contributed by atoms with E-state index in [-0.39, 0.29) is 5.41 Å². The molecule has 104 valence electrons. The van der Waals surface area contributed by atoms with Crippen molar-refractivity contribution >= 4 is 11.6 Å². The summed E-state index contributed by atoms with van der Waals surface area (Å²) in [5.41, 5.74) is 1.79. The summed E-state index contributed by atoms with van der Waals surface area (Å²) in [5.74, 6) is 0. The number of aromatic nitrogens is 2. The Hall–Kier alpha value is -0.540. The van der Waals surface area contributed by atoms with E-state index in [1.54, 1.807) is 0 Å². The van der Waals surface area contributed by atoms with Gasteiger partial charge in [-0.05, 0) is 25.2 Å². The van der Waals surface area contributed by atoms with Crippen molar-refractivity contribution in [1.29, 1.82) is 0 Å². The molecule has 0 amide bonds. The molecule has 18 heavy (non-hydrogen) atoms. The molecule has 1 aromatic heterocycles. The highest BCUT2D eigenvalue weighted by Crippen LogP contribution is 2.30. The molecule has 0 radical (unpaired) electrons. The van der Waals surface area contributed by atoms with Crippen LogP contribution in [0.3, 0.4) is 0 Å². The van der Waals surface area contributed by atoms with Gasteiger partial charge in [0.2, 0.25) is 0 Å². The SMILES string of the molecule is CCc1nn(CC)c(CC(O)C(C)(C)CC)c1Cl. The molecule has 0 spiro atoms. The third kappa shape index (κ3) is 3.07. The normalized spacial score (nSPS) is 13.9. The van der Waals surface area contributed by atoms with Crippen LogP contribution in [0, 0.1) is 5.41 Å². The van der Waals surface area contributed by atoms with E-state index in [2.05, 4.69) is 25.9 Å². The molecule has 0 saturated carbocycles. The zero-order chi connectivity index (χ0) is 13.9. The maximum absolute atomic E-state index is 10.4. The van der Waals surface area contributed by atoms with Crippen molar-refractivity contribution in [2.75, 3.05) is 0 Å². The monoisotopic (exact) mass is 272 g/mol. The largest absolute Gasteiger partial charge is 0.392 e. The summed E-state index contributed by atoms with van der Waals surface area (Å²) in [6.07, 6.45) is 1.94. The van der Waals surface area contributed by atoms with Gasteiger partial charge in [-0.3, -0.25) is 4.68 Å². The first-order valence-corrected chi connectivity index (χ1v) is 7.17. The second-order valence-electron chi connectivity index (χ2n) is 5.44. The molecule has 1 aromatic rings. The van der Waals surface area contributed by atoms with Gasteiger partial charge in [-0.1, -0.05) is 39.3 Å². The topological polar surface area (TPSA) is 38.0 Å². The zero-order valence-corrected chi connectivity index (χ0v) is 12.9. The highest BCUT2D eigenvalue weighted by Gasteiger charge is 2.28. The number of aliphatic hydroxyl groups is 1. The molecule has 1 atom stereocenters. The lowest BCUT2D eigenvalue weighted by molar-refractivity contribution is 0.0463. The molecule has 1 N–H and O–H groups in total. The molecule has 1 rings (SSSR count). The average Bonchev–Trinajstić information content (AvgIpc) is 2.66. The first-order valence-electron chi connectivity index (χ1n) is 6.79. The van der Waals surface area contributed by atoms with Gasteiger partial charge < -0.3 is 5.11 Å². The Kier molecular flexibility index (Phi) is 5.23. The number of halogens is 1. The van der Waals surface area contributed by atoms with Crippen LogP contribution in [0.5, 0.6) is 0 Å². The fourth-order valence-electron chi connectivity index (χ4n) is 1.91. The quantitative estimate of drug-likeness (QED) is 0.861. The molecule has 0 saturated heterocycles. The molecular weight excluding hydrogens is 248 g/mol. The van der Waals surface area contributed by atoms with Crippen molar-refractivity contribution < 1.29 is 5.11 Å². The van der Waals surface area contributed by atoms with Gasteiger partial charge in [0.25, 0.3) is 0 Å². The van der Waals surface area contributed by atoms with E-state index < -0.39 is 6.10 Å². The lowest BCUT2D eigenvalue weighted by atomic mass is 9.82. The van der Waals surface area contributed by atoms with Gasteiger partial charge in [0.15, 0.2) is 0 Å². The van der Waals surface area contributed by atoms with Crippen LogP contribution in [0.1, 0.15) is 52.4 Å². The molecule has 0 aliphatic heterocycles. The van der Waals surface area contributed by atoms with Gasteiger partial charge in [-0.2, -0.15) is 5.10 Å². The third-order valence-corrected chi connectivity index (χ3v) is 4.33. The second-order valence-corrected chi connectivity index (χ2v) is 5.82. The van der Waals surface area contributed by atoms with Gasteiger partial charge in [0, 0.05) is 13.0 Å². The highest BCUT2D eigenvalue weighted by atomic mass is 35.5. The summed E-state index contributed by atoms with van der Waals surface area (Å²) in [6.45, 7) is 11.1. The Morgan fingerprint density at radius 1 is 1.33 bits per heavy atom. The number of hydrogen-bond donors (Lipinski definition) is 1. The summed E-state index contributed by atoms with van der Waals surface area (Å²) in [6, 6.07) is 0. The number of rotatable bonds is 6. The maximum Gasteiger partial charge on any atom is 0.0850 e. The minimum atomic E-state index is -0.397. The molecule has 1 unspecified atom stereocenters. The molecular formula is C14H25ClN2O. The number of aliphatic hydroxyl groups excluding tert-OH is 1. The van der Waals surface area contributed by atoms with E-state index in [4.69, 9.17) is 11.6 Å². The van der Waals surface area contributed by atoms with Crippen molar-refractivity contribution in [3.05, 3.63) is 16.4 Å².